The van der Waals surface area contributed by atoms with Gasteiger partial charge in [0, 0.05) is 31.6 Å². The molecule has 2 rings (SSSR count). The Hall–Kier alpha value is -0.650. The predicted octanol–water partition coefficient (Wildman–Crippen LogP) is 2.68. The summed E-state index contributed by atoms with van der Waals surface area (Å²) in [5, 5.41) is 6.68. The summed E-state index contributed by atoms with van der Waals surface area (Å²) >= 11 is 1.73. The molecule has 1 aromatic heterocycles. The lowest BCUT2D eigenvalue weighted by Gasteiger charge is -2.26. The second-order valence-corrected chi connectivity index (χ2v) is 6.13. The molecule has 0 aliphatic carbocycles. The monoisotopic (exact) mass is 283 g/mol. The SMILES string of the molecule is CCNC(C)c1csc(N(C)CC2CCCOC2)n1. The molecule has 1 aliphatic heterocycles. The maximum Gasteiger partial charge on any atom is 0.185 e. The summed E-state index contributed by atoms with van der Waals surface area (Å²) in [7, 11) is 2.13. The Bertz CT molecular complexity index is 377. The van der Waals surface area contributed by atoms with Gasteiger partial charge >= 0.3 is 0 Å². The summed E-state index contributed by atoms with van der Waals surface area (Å²) in [4.78, 5) is 7.01. The van der Waals surface area contributed by atoms with Gasteiger partial charge in [-0.15, -0.1) is 11.3 Å². The summed E-state index contributed by atoms with van der Waals surface area (Å²) in [6, 6.07) is 0.335. The first-order valence-corrected chi connectivity index (χ1v) is 8.06. The van der Waals surface area contributed by atoms with Gasteiger partial charge in [0.05, 0.1) is 12.3 Å². The van der Waals surface area contributed by atoms with E-state index in [9.17, 15) is 0 Å². The van der Waals surface area contributed by atoms with Gasteiger partial charge in [0.15, 0.2) is 5.13 Å². The molecule has 1 fully saturated rings. The summed E-state index contributed by atoms with van der Waals surface area (Å²) in [6.45, 7) is 8.14. The van der Waals surface area contributed by atoms with E-state index in [0.717, 1.165) is 37.1 Å². The molecule has 1 aromatic rings. The smallest absolute Gasteiger partial charge is 0.185 e. The summed E-state index contributed by atoms with van der Waals surface area (Å²) < 4.78 is 5.54. The minimum absolute atomic E-state index is 0.335. The van der Waals surface area contributed by atoms with Crippen molar-refractivity contribution < 1.29 is 4.74 Å². The number of hydrogen-bond acceptors (Lipinski definition) is 5. The summed E-state index contributed by atoms with van der Waals surface area (Å²) in [5.74, 6) is 0.650. The van der Waals surface area contributed by atoms with Crippen LogP contribution in [-0.2, 0) is 4.74 Å². The Morgan fingerprint density at radius 2 is 2.47 bits per heavy atom. The van der Waals surface area contributed by atoms with E-state index in [0.29, 0.717) is 12.0 Å². The van der Waals surface area contributed by atoms with Crippen molar-refractivity contribution in [2.75, 3.05) is 38.3 Å². The molecule has 0 amide bonds. The third-order valence-electron chi connectivity index (χ3n) is 3.58. The van der Waals surface area contributed by atoms with Gasteiger partial charge in [-0.2, -0.15) is 0 Å². The van der Waals surface area contributed by atoms with Crippen LogP contribution in [0.15, 0.2) is 5.38 Å². The van der Waals surface area contributed by atoms with E-state index in [4.69, 9.17) is 9.72 Å². The second kappa shape index (κ2) is 7.22. The Balaban J connectivity index is 1.89. The summed E-state index contributed by atoms with van der Waals surface area (Å²) in [5.41, 5.74) is 1.15. The normalized spacial score (nSPS) is 21.3. The van der Waals surface area contributed by atoms with Gasteiger partial charge < -0.3 is 15.0 Å². The molecule has 0 radical (unpaired) electrons. The first-order valence-electron chi connectivity index (χ1n) is 7.18. The molecule has 4 nitrogen and oxygen atoms in total. The van der Waals surface area contributed by atoms with Crippen LogP contribution in [0.5, 0.6) is 0 Å². The molecule has 1 aliphatic rings. The van der Waals surface area contributed by atoms with E-state index in [1.165, 1.54) is 12.8 Å². The average Bonchev–Trinajstić information content (AvgIpc) is 2.90. The molecule has 1 N–H and O–H groups in total. The lowest BCUT2D eigenvalue weighted by molar-refractivity contribution is 0.0576. The Morgan fingerprint density at radius 1 is 1.63 bits per heavy atom. The Kier molecular flexibility index (Phi) is 5.60. The van der Waals surface area contributed by atoms with E-state index < -0.39 is 0 Å². The van der Waals surface area contributed by atoms with Gasteiger partial charge in [0.2, 0.25) is 0 Å². The lowest BCUT2D eigenvalue weighted by atomic mass is 10.0. The highest BCUT2D eigenvalue weighted by Gasteiger charge is 2.18. The number of rotatable bonds is 6. The first-order chi connectivity index (χ1) is 9.20. The van der Waals surface area contributed by atoms with Gasteiger partial charge in [-0.3, -0.25) is 0 Å². The number of nitrogens with zero attached hydrogens (tertiary/aromatic N) is 2. The van der Waals surface area contributed by atoms with Gasteiger partial charge in [-0.25, -0.2) is 4.98 Å². The van der Waals surface area contributed by atoms with Crippen molar-refractivity contribution in [1.82, 2.24) is 10.3 Å². The molecule has 2 unspecified atom stereocenters. The zero-order chi connectivity index (χ0) is 13.7. The number of ether oxygens (including phenoxy) is 1. The van der Waals surface area contributed by atoms with Crippen molar-refractivity contribution >= 4 is 16.5 Å². The molecule has 2 atom stereocenters. The molecular formula is C14H25N3OS. The van der Waals surface area contributed by atoms with Crippen LogP contribution >= 0.6 is 11.3 Å². The largest absolute Gasteiger partial charge is 0.381 e. The minimum atomic E-state index is 0.335. The van der Waals surface area contributed by atoms with Gasteiger partial charge in [-0.05, 0) is 32.2 Å². The highest BCUT2D eigenvalue weighted by molar-refractivity contribution is 7.13. The number of nitrogens with one attached hydrogen (secondary N) is 1. The van der Waals surface area contributed by atoms with Crippen molar-refractivity contribution in [3.05, 3.63) is 11.1 Å². The number of hydrogen-bond donors (Lipinski definition) is 1. The maximum absolute atomic E-state index is 5.54. The fraction of sp³-hybridized carbons (Fsp3) is 0.786. The van der Waals surface area contributed by atoms with Gasteiger partial charge in [-0.1, -0.05) is 6.92 Å². The standard InChI is InChI=1S/C14H25N3OS/c1-4-15-11(2)13-10-19-14(16-13)17(3)8-12-6-5-7-18-9-12/h10-12,15H,4-9H2,1-3H3. The third-order valence-corrected chi connectivity index (χ3v) is 4.55. The van der Waals surface area contributed by atoms with Gasteiger partial charge in [0.1, 0.15) is 0 Å². The van der Waals surface area contributed by atoms with E-state index in [-0.39, 0.29) is 0 Å². The number of anilines is 1. The van der Waals surface area contributed by atoms with Crippen LogP contribution in [0, 0.1) is 5.92 Å². The van der Waals surface area contributed by atoms with Crippen molar-refractivity contribution in [3.63, 3.8) is 0 Å². The molecule has 1 saturated heterocycles. The lowest BCUT2D eigenvalue weighted by Crippen LogP contribution is -2.30. The third kappa shape index (κ3) is 4.16. The fourth-order valence-corrected chi connectivity index (χ4v) is 3.37. The van der Waals surface area contributed by atoms with Gasteiger partial charge in [0.25, 0.3) is 0 Å². The molecule has 2 heterocycles. The van der Waals surface area contributed by atoms with E-state index >= 15 is 0 Å². The quantitative estimate of drug-likeness (QED) is 0.871. The van der Waals surface area contributed by atoms with Crippen LogP contribution in [0.4, 0.5) is 5.13 Å². The Labute approximate surface area is 120 Å². The van der Waals surface area contributed by atoms with Crippen LogP contribution in [-0.4, -0.2) is 38.3 Å². The molecule has 0 bridgehead atoms. The number of thiazole rings is 1. The topological polar surface area (TPSA) is 37.4 Å². The highest BCUT2D eigenvalue weighted by Crippen LogP contribution is 2.25. The molecule has 5 heteroatoms. The molecule has 0 spiro atoms. The Morgan fingerprint density at radius 3 is 3.16 bits per heavy atom. The average molecular weight is 283 g/mol. The zero-order valence-corrected chi connectivity index (χ0v) is 13.0. The van der Waals surface area contributed by atoms with Crippen LogP contribution in [0.2, 0.25) is 0 Å². The van der Waals surface area contributed by atoms with E-state index in [1.807, 2.05) is 0 Å². The number of aromatic nitrogens is 1. The van der Waals surface area contributed by atoms with Crippen molar-refractivity contribution in [1.29, 1.82) is 0 Å². The van der Waals surface area contributed by atoms with Crippen LogP contribution < -0.4 is 10.2 Å². The second-order valence-electron chi connectivity index (χ2n) is 5.30. The van der Waals surface area contributed by atoms with E-state index in [1.54, 1.807) is 11.3 Å². The zero-order valence-electron chi connectivity index (χ0n) is 12.2. The fourth-order valence-electron chi connectivity index (χ4n) is 2.48. The molecule has 19 heavy (non-hydrogen) atoms. The summed E-state index contributed by atoms with van der Waals surface area (Å²) in [6.07, 6.45) is 2.47. The molecular weight excluding hydrogens is 258 g/mol. The van der Waals surface area contributed by atoms with Crippen LogP contribution in [0.1, 0.15) is 38.4 Å². The molecule has 108 valence electrons. The highest BCUT2D eigenvalue weighted by atomic mass is 32.1. The van der Waals surface area contributed by atoms with Crippen molar-refractivity contribution in [3.8, 4) is 0 Å². The van der Waals surface area contributed by atoms with Crippen LogP contribution in [0.3, 0.4) is 0 Å². The molecule has 0 saturated carbocycles. The van der Waals surface area contributed by atoms with Crippen molar-refractivity contribution in [2.24, 2.45) is 5.92 Å². The first kappa shape index (κ1) is 14.8. The maximum atomic E-state index is 5.54. The van der Waals surface area contributed by atoms with E-state index in [2.05, 4.69) is 36.5 Å². The van der Waals surface area contributed by atoms with Crippen molar-refractivity contribution in [2.45, 2.75) is 32.7 Å². The predicted molar refractivity (Wildman–Crippen MR) is 81.0 cm³/mol. The minimum Gasteiger partial charge on any atom is -0.381 e. The molecule has 0 aromatic carbocycles. The van der Waals surface area contributed by atoms with Crippen LogP contribution in [0.25, 0.3) is 0 Å².